The number of nitrogens with zero attached hydrogens (tertiary/aromatic N) is 2. The van der Waals surface area contributed by atoms with Gasteiger partial charge < -0.3 is 9.63 Å². The van der Waals surface area contributed by atoms with Crippen LogP contribution in [0.1, 0.15) is 44.8 Å². The summed E-state index contributed by atoms with van der Waals surface area (Å²) in [5.74, 6) is 2.47. The molecule has 1 unspecified atom stereocenters. The Morgan fingerprint density at radius 1 is 1.44 bits per heavy atom. The molecule has 1 aromatic heterocycles. The van der Waals surface area contributed by atoms with Crippen LogP contribution < -0.4 is 0 Å². The Morgan fingerprint density at radius 2 is 2.19 bits per heavy atom. The Balaban J connectivity index is 1.81. The topological polar surface area (TPSA) is 59.2 Å². The molecule has 0 amide bonds. The van der Waals surface area contributed by atoms with Gasteiger partial charge >= 0.3 is 0 Å². The van der Waals surface area contributed by atoms with Crippen molar-refractivity contribution in [1.82, 2.24) is 10.1 Å². The van der Waals surface area contributed by atoms with Gasteiger partial charge in [-0.2, -0.15) is 4.98 Å². The summed E-state index contributed by atoms with van der Waals surface area (Å²) in [6, 6.07) is 0. The molecule has 2 rings (SSSR count). The summed E-state index contributed by atoms with van der Waals surface area (Å²) in [5, 5.41) is 13.7. The molecule has 1 atom stereocenters. The summed E-state index contributed by atoms with van der Waals surface area (Å²) in [6.45, 7) is 4.36. The molecule has 0 aliphatic heterocycles. The molecule has 1 aromatic rings. The molecule has 16 heavy (non-hydrogen) atoms. The van der Waals surface area contributed by atoms with E-state index in [-0.39, 0.29) is 6.10 Å². The van der Waals surface area contributed by atoms with Crippen LogP contribution in [0.25, 0.3) is 0 Å². The fourth-order valence-electron chi connectivity index (χ4n) is 1.72. The van der Waals surface area contributed by atoms with Gasteiger partial charge in [0.15, 0.2) is 5.82 Å². The SMILES string of the molecule is CC(C)CCc1noc(CC(O)C2CC2)n1. The van der Waals surface area contributed by atoms with Crippen molar-refractivity contribution in [2.24, 2.45) is 11.8 Å². The molecule has 1 heterocycles. The normalized spacial score (nSPS) is 18.0. The van der Waals surface area contributed by atoms with Gasteiger partial charge in [-0.25, -0.2) is 0 Å². The number of aliphatic hydroxyl groups excluding tert-OH is 1. The van der Waals surface area contributed by atoms with Gasteiger partial charge in [-0.15, -0.1) is 0 Å². The molecule has 1 aliphatic carbocycles. The van der Waals surface area contributed by atoms with E-state index in [2.05, 4.69) is 24.0 Å². The van der Waals surface area contributed by atoms with Crippen molar-refractivity contribution in [3.63, 3.8) is 0 Å². The minimum absolute atomic E-state index is 0.293. The minimum atomic E-state index is -0.293. The second-order valence-corrected chi connectivity index (χ2v) is 5.15. The molecule has 1 fully saturated rings. The molecular weight excluding hydrogens is 204 g/mol. The monoisotopic (exact) mass is 224 g/mol. The molecular formula is C12H20N2O2. The zero-order chi connectivity index (χ0) is 11.5. The van der Waals surface area contributed by atoms with E-state index < -0.39 is 0 Å². The van der Waals surface area contributed by atoms with Gasteiger partial charge in [0.2, 0.25) is 5.89 Å². The predicted octanol–water partition coefficient (Wildman–Crippen LogP) is 1.97. The summed E-state index contributed by atoms with van der Waals surface area (Å²) in [4.78, 5) is 4.29. The molecule has 90 valence electrons. The third kappa shape index (κ3) is 3.30. The molecule has 4 heteroatoms. The molecule has 0 saturated heterocycles. The first-order valence-corrected chi connectivity index (χ1v) is 6.14. The smallest absolute Gasteiger partial charge is 0.229 e. The molecule has 1 N–H and O–H groups in total. The zero-order valence-corrected chi connectivity index (χ0v) is 10.0. The number of aromatic nitrogens is 2. The Hall–Kier alpha value is -0.900. The van der Waals surface area contributed by atoms with Crippen LogP contribution in [0, 0.1) is 11.8 Å². The molecule has 4 nitrogen and oxygen atoms in total. The standard InChI is InChI=1S/C12H20N2O2/c1-8(2)3-6-11-13-12(16-14-11)7-10(15)9-4-5-9/h8-10,15H,3-7H2,1-2H3. The van der Waals surface area contributed by atoms with Crippen LogP contribution in [0.5, 0.6) is 0 Å². The fraction of sp³-hybridized carbons (Fsp3) is 0.833. The molecule has 1 aliphatic rings. The third-order valence-electron chi connectivity index (χ3n) is 3.01. The summed E-state index contributed by atoms with van der Waals surface area (Å²) in [6.07, 6.45) is 4.42. The van der Waals surface area contributed by atoms with Crippen LogP contribution in [-0.4, -0.2) is 21.4 Å². The molecule has 0 spiro atoms. The molecule has 0 radical (unpaired) electrons. The lowest BCUT2D eigenvalue weighted by Gasteiger charge is -2.03. The lowest BCUT2D eigenvalue weighted by molar-refractivity contribution is 0.140. The van der Waals surface area contributed by atoms with Crippen molar-refractivity contribution in [2.75, 3.05) is 0 Å². The van der Waals surface area contributed by atoms with E-state index >= 15 is 0 Å². The van der Waals surface area contributed by atoms with Gasteiger partial charge in [0.25, 0.3) is 0 Å². The predicted molar refractivity (Wildman–Crippen MR) is 59.9 cm³/mol. The van der Waals surface area contributed by atoms with Crippen molar-refractivity contribution in [2.45, 2.75) is 52.1 Å². The zero-order valence-electron chi connectivity index (χ0n) is 10.0. The third-order valence-corrected chi connectivity index (χ3v) is 3.01. The van der Waals surface area contributed by atoms with E-state index in [4.69, 9.17) is 4.52 Å². The maximum absolute atomic E-state index is 9.74. The summed E-state index contributed by atoms with van der Waals surface area (Å²) in [5.41, 5.74) is 0. The number of rotatable bonds is 6. The average molecular weight is 224 g/mol. The summed E-state index contributed by atoms with van der Waals surface area (Å²) in [7, 11) is 0. The summed E-state index contributed by atoms with van der Waals surface area (Å²) >= 11 is 0. The van der Waals surface area contributed by atoms with E-state index in [1.807, 2.05) is 0 Å². The fourth-order valence-corrected chi connectivity index (χ4v) is 1.72. The van der Waals surface area contributed by atoms with Crippen LogP contribution in [0.15, 0.2) is 4.52 Å². The van der Waals surface area contributed by atoms with Crippen molar-refractivity contribution < 1.29 is 9.63 Å². The maximum atomic E-state index is 9.74. The highest BCUT2D eigenvalue weighted by atomic mass is 16.5. The summed E-state index contributed by atoms with van der Waals surface area (Å²) < 4.78 is 5.12. The van der Waals surface area contributed by atoms with Gasteiger partial charge in [-0.1, -0.05) is 19.0 Å². The number of hydrogen-bond acceptors (Lipinski definition) is 4. The quantitative estimate of drug-likeness (QED) is 0.802. The second-order valence-electron chi connectivity index (χ2n) is 5.15. The van der Waals surface area contributed by atoms with Gasteiger partial charge in [-0.3, -0.25) is 0 Å². The van der Waals surface area contributed by atoms with Crippen molar-refractivity contribution >= 4 is 0 Å². The number of aryl methyl sites for hydroxylation is 1. The molecule has 1 saturated carbocycles. The number of hydrogen-bond donors (Lipinski definition) is 1. The van der Waals surface area contributed by atoms with Crippen molar-refractivity contribution in [3.8, 4) is 0 Å². The lowest BCUT2D eigenvalue weighted by atomic mass is 10.1. The highest BCUT2D eigenvalue weighted by molar-refractivity contribution is 4.92. The van der Waals surface area contributed by atoms with E-state index in [1.165, 1.54) is 0 Å². The van der Waals surface area contributed by atoms with Crippen molar-refractivity contribution in [1.29, 1.82) is 0 Å². The maximum Gasteiger partial charge on any atom is 0.229 e. The van der Waals surface area contributed by atoms with Gasteiger partial charge in [0.1, 0.15) is 0 Å². The molecule has 0 aromatic carbocycles. The van der Waals surface area contributed by atoms with Crippen LogP contribution in [0.3, 0.4) is 0 Å². The van der Waals surface area contributed by atoms with E-state index in [0.717, 1.165) is 31.5 Å². The Kier molecular flexibility index (Phi) is 3.59. The van der Waals surface area contributed by atoms with Crippen LogP contribution in [0.2, 0.25) is 0 Å². The van der Waals surface area contributed by atoms with Crippen molar-refractivity contribution in [3.05, 3.63) is 11.7 Å². The highest BCUT2D eigenvalue weighted by Crippen LogP contribution is 2.33. The first-order valence-electron chi connectivity index (χ1n) is 6.14. The Bertz CT molecular complexity index is 332. The van der Waals surface area contributed by atoms with E-state index in [9.17, 15) is 5.11 Å². The first-order chi connectivity index (χ1) is 7.65. The van der Waals surface area contributed by atoms with E-state index in [0.29, 0.717) is 24.1 Å². The van der Waals surface area contributed by atoms with Gasteiger partial charge in [0, 0.05) is 6.42 Å². The highest BCUT2D eigenvalue weighted by Gasteiger charge is 2.30. The molecule has 0 bridgehead atoms. The first kappa shape index (κ1) is 11.6. The number of aliphatic hydroxyl groups is 1. The second kappa shape index (κ2) is 4.95. The van der Waals surface area contributed by atoms with Gasteiger partial charge in [-0.05, 0) is 31.1 Å². The van der Waals surface area contributed by atoms with Crippen LogP contribution in [-0.2, 0) is 12.8 Å². The Labute approximate surface area is 96.1 Å². The van der Waals surface area contributed by atoms with Crippen LogP contribution in [0.4, 0.5) is 0 Å². The van der Waals surface area contributed by atoms with E-state index in [1.54, 1.807) is 0 Å². The average Bonchev–Trinajstić information content (AvgIpc) is 2.98. The van der Waals surface area contributed by atoms with Gasteiger partial charge in [0.05, 0.1) is 12.5 Å². The minimum Gasteiger partial charge on any atom is -0.392 e. The Morgan fingerprint density at radius 3 is 2.81 bits per heavy atom. The van der Waals surface area contributed by atoms with Crippen LogP contribution >= 0.6 is 0 Å². The largest absolute Gasteiger partial charge is 0.392 e. The lowest BCUT2D eigenvalue weighted by Crippen LogP contribution is -2.12.